The van der Waals surface area contributed by atoms with Crippen LogP contribution in [0.2, 0.25) is 0 Å². The third-order valence-corrected chi connectivity index (χ3v) is 4.10. The SMILES string of the molecule is CCCCC(CC)CC(NCCC)c1c(F)cccc1F. The second kappa shape index (κ2) is 9.88. The third-order valence-electron chi connectivity index (χ3n) is 4.10. The molecule has 1 nitrogen and oxygen atoms in total. The van der Waals surface area contributed by atoms with Crippen LogP contribution in [0.1, 0.15) is 70.9 Å². The van der Waals surface area contributed by atoms with Gasteiger partial charge in [0.1, 0.15) is 11.6 Å². The highest BCUT2D eigenvalue weighted by molar-refractivity contribution is 5.23. The van der Waals surface area contributed by atoms with Crippen molar-refractivity contribution in [1.29, 1.82) is 0 Å². The van der Waals surface area contributed by atoms with Gasteiger partial charge in [-0.15, -0.1) is 0 Å². The second-order valence-corrected chi connectivity index (χ2v) is 5.79. The molecule has 3 heteroatoms. The van der Waals surface area contributed by atoms with Crippen molar-refractivity contribution in [2.45, 2.75) is 65.3 Å². The maximum Gasteiger partial charge on any atom is 0.130 e. The summed E-state index contributed by atoms with van der Waals surface area (Å²) in [7, 11) is 0. The summed E-state index contributed by atoms with van der Waals surface area (Å²) in [6.07, 6.45) is 6.29. The topological polar surface area (TPSA) is 12.0 Å². The first-order valence-corrected chi connectivity index (χ1v) is 8.31. The molecule has 0 spiro atoms. The van der Waals surface area contributed by atoms with Crippen molar-refractivity contribution in [2.24, 2.45) is 5.92 Å². The summed E-state index contributed by atoms with van der Waals surface area (Å²) in [6, 6.07) is 3.91. The van der Waals surface area contributed by atoms with E-state index in [0.717, 1.165) is 38.6 Å². The summed E-state index contributed by atoms with van der Waals surface area (Å²) >= 11 is 0. The predicted molar refractivity (Wildman–Crippen MR) is 85.3 cm³/mol. The second-order valence-electron chi connectivity index (χ2n) is 5.79. The van der Waals surface area contributed by atoms with Gasteiger partial charge in [0.05, 0.1) is 0 Å². The third kappa shape index (κ3) is 5.74. The predicted octanol–water partition coefficient (Wildman–Crippen LogP) is 5.61. The minimum Gasteiger partial charge on any atom is -0.310 e. The van der Waals surface area contributed by atoms with Crippen LogP contribution >= 0.6 is 0 Å². The zero-order chi connectivity index (χ0) is 15.7. The zero-order valence-corrected chi connectivity index (χ0v) is 13.6. The monoisotopic (exact) mass is 297 g/mol. The molecule has 0 saturated carbocycles. The Morgan fingerprint density at radius 2 is 1.71 bits per heavy atom. The molecule has 21 heavy (non-hydrogen) atoms. The normalized spacial score (nSPS) is 14.1. The molecule has 0 amide bonds. The molecule has 0 aromatic heterocycles. The molecule has 120 valence electrons. The van der Waals surface area contributed by atoms with Crippen molar-refractivity contribution in [3.63, 3.8) is 0 Å². The molecule has 0 aliphatic rings. The number of nitrogens with one attached hydrogen (secondary N) is 1. The number of rotatable bonds is 10. The van der Waals surface area contributed by atoms with Crippen molar-refractivity contribution in [2.75, 3.05) is 6.54 Å². The lowest BCUT2D eigenvalue weighted by Gasteiger charge is -2.25. The minimum atomic E-state index is -0.436. The fourth-order valence-electron chi connectivity index (χ4n) is 2.78. The number of hydrogen-bond donors (Lipinski definition) is 1. The molecule has 0 aliphatic carbocycles. The Balaban J connectivity index is 2.88. The number of hydrogen-bond acceptors (Lipinski definition) is 1. The maximum atomic E-state index is 14.1. The molecule has 0 saturated heterocycles. The van der Waals surface area contributed by atoms with E-state index in [1.165, 1.54) is 24.6 Å². The van der Waals surface area contributed by atoms with Crippen LogP contribution in [0, 0.1) is 17.6 Å². The van der Waals surface area contributed by atoms with Gasteiger partial charge in [0.25, 0.3) is 0 Å². The maximum absolute atomic E-state index is 14.1. The highest BCUT2D eigenvalue weighted by atomic mass is 19.1. The molecule has 2 unspecified atom stereocenters. The van der Waals surface area contributed by atoms with Gasteiger partial charge in [-0.3, -0.25) is 0 Å². The highest BCUT2D eigenvalue weighted by Gasteiger charge is 2.22. The molecule has 2 atom stereocenters. The Hall–Kier alpha value is -0.960. The molecule has 1 rings (SSSR count). The summed E-state index contributed by atoms with van der Waals surface area (Å²) in [5.41, 5.74) is 0.209. The lowest BCUT2D eigenvalue weighted by Crippen LogP contribution is -2.26. The first kappa shape index (κ1) is 18.1. The van der Waals surface area contributed by atoms with Crippen molar-refractivity contribution in [3.05, 3.63) is 35.4 Å². The van der Waals surface area contributed by atoms with Crippen LogP contribution in [-0.2, 0) is 0 Å². The van der Waals surface area contributed by atoms with Gasteiger partial charge < -0.3 is 5.32 Å². The van der Waals surface area contributed by atoms with E-state index in [1.54, 1.807) is 0 Å². The van der Waals surface area contributed by atoms with Gasteiger partial charge in [-0.1, -0.05) is 52.5 Å². The van der Waals surface area contributed by atoms with Crippen LogP contribution in [0.25, 0.3) is 0 Å². The molecule has 0 bridgehead atoms. The molecule has 0 fully saturated rings. The minimum absolute atomic E-state index is 0.209. The number of unbranched alkanes of at least 4 members (excludes halogenated alkanes) is 1. The Morgan fingerprint density at radius 1 is 1.05 bits per heavy atom. The fourth-order valence-corrected chi connectivity index (χ4v) is 2.78. The van der Waals surface area contributed by atoms with E-state index in [9.17, 15) is 8.78 Å². The van der Waals surface area contributed by atoms with E-state index in [1.807, 2.05) is 0 Å². The smallest absolute Gasteiger partial charge is 0.130 e. The van der Waals surface area contributed by atoms with Crippen molar-refractivity contribution >= 4 is 0 Å². The van der Waals surface area contributed by atoms with Gasteiger partial charge >= 0.3 is 0 Å². The van der Waals surface area contributed by atoms with Gasteiger partial charge in [-0.25, -0.2) is 8.78 Å². The van der Waals surface area contributed by atoms with E-state index in [-0.39, 0.29) is 11.6 Å². The van der Waals surface area contributed by atoms with Crippen molar-refractivity contribution in [1.82, 2.24) is 5.32 Å². The quantitative estimate of drug-likeness (QED) is 0.591. The molecule has 1 aromatic rings. The number of benzene rings is 1. The van der Waals surface area contributed by atoms with E-state index in [2.05, 4.69) is 26.1 Å². The Labute approximate surface area is 128 Å². The standard InChI is InChI=1S/C18H29F2N/c1-4-7-9-14(6-3)13-17(21-12-5-2)18-15(19)10-8-11-16(18)20/h8,10-11,14,17,21H,4-7,9,12-13H2,1-3H3. The summed E-state index contributed by atoms with van der Waals surface area (Å²) in [6.45, 7) is 7.18. The van der Waals surface area contributed by atoms with Gasteiger partial charge in [0, 0.05) is 11.6 Å². The summed E-state index contributed by atoms with van der Waals surface area (Å²) in [5, 5.41) is 3.33. The van der Waals surface area contributed by atoms with E-state index < -0.39 is 11.6 Å². The zero-order valence-electron chi connectivity index (χ0n) is 13.6. The van der Waals surface area contributed by atoms with Crippen LogP contribution < -0.4 is 5.32 Å². The van der Waals surface area contributed by atoms with Gasteiger partial charge in [-0.2, -0.15) is 0 Å². The van der Waals surface area contributed by atoms with E-state index >= 15 is 0 Å². The molecule has 1 aromatic carbocycles. The molecule has 0 aliphatic heterocycles. The molecular weight excluding hydrogens is 268 g/mol. The highest BCUT2D eigenvalue weighted by Crippen LogP contribution is 2.30. The fraction of sp³-hybridized carbons (Fsp3) is 0.667. The average molecular weight is 297 g/mol. The van der Waals surface area contributed by atoms with Gasteiger partial charge in [-0.05, 0) is 37.4 Å². The van der Waals surface area contributed by atoms with Crippen molar-refractivity contribution < 1.29 is 8.78 Å². The Bertz CT molecular complexity index is 386. The summed E-state index contributed by atoms with van der Waals surface area (Å²) < 4.78 is 28.1. The summed E-state index contributed by atoms with van der Waals surface area (Å²) in [4.78, 5) is 0. The molecular formula is C18H29F2N. The lowest BCUT2D eigenvalue weighted by molar-refractivity contribution is 0.340. The Kier molecular flexibility index (Phi) is 8.51. The van der Waals surface area contributed by atoms with Crippen LogP contribution in [-0.4, -0.2) is 6.54 Å². The largest absolute Gasteiger partial charge is 0.310 e. The molecule has 1 N–H and O–H groups in total. The Morgan fingerprint density at radius 3 is 2.24 bits per heavy atom. The van der Waals surface area contributed by atoms with E-state index in [4.69, 9.17) is 0 Å². The lowest BCUT2D eigenvalue weighted by atomic mass is 9.88. The van der Waals surface area contributed by atoms with Crippen LogP contribution in [0.5, 0.6) is 0 Å². The van der Waals surface area contributed by atoms with Gasteiger partial charge in [0.15, 0.2) is 0 Å². The van der Waals surface area contributed by atoms with E-state index in [0.29, 0.717) is 5.92 Å². The summed E-state index contributed by atoms with van der Waals surface area (Å²) in [5.74, 6) is -0.360. The van der Waals surface area contributed by atoms with Crippen molar-refractivity contribution in [3.8, 4) is 0 Å². The van der Waals surface area contributed by atoms with Crippen LogP contribution in [0.15, 0.2) is 18.2 Å². The first-order valence-electron chi connectivity index (χ1n) is 8.31. The average Bonchev–Trinajstić information content (AvgIpc) is 2.48. The first-order chi connectivity index (χ1) is 10.1. The van der Waals surface area contributed by atoms with Crippen LogP contribution in [0.4, 0.5) is 8.78 Å². The van der Waals surface area contributed by atoms with Gasteiger partial charge in [0.2, 0.25) is 0 Å². The molecule has 0 heterocycles. The number of halogens is 2. The molecule has 0 radical (unpaired) electrons. The van der Waals surface area contributed by atoms with Crippen LogP contribution in [0.3, 0.4) is 0 Å².